The molecule has 0 aliphatic rings. The summed E-state index contributed by atoms with van der Waals surface area (Å²) in [6, 6.07) is 39.9. The van der Waals surface area contributed by atoms with E-state index >= 15 is 0 Å². The highest BCUT2D eigenvalue weighted by molar-refractivity contribution is 5.85. The van der Waals surface area contributed by atoms with E-state index in [-0.39, 0.29) is 30.9 Å². The van der Waals surface area contributed by atoms with Crippen molar-refractivity contribution in [2.24, 2.45) is 0 Å². The predicted molar refractivity (Wildman–Crippen MR) is 160 cm³/mol. The number of nitrogens with one attached hydrogen (secondary N) is 1. The van der Waals surface area contributed by atoms with Crippen molar-refractivity contribution >= 4 is 11.9 Å². The van der Waals surface area contributed by atoms with Crippen molar-refractivity contribution in [3.8, 4) is 0 Å². The molecule has 40 heavy (non-hydrogen) atoms. The van der Waals surface area contributed by atoms with Crippen molar-refractivity contribution in [3.05, 3.63) is 144 Å². The van der Waals surface area contributed by atoms with Gasteiger partial charge in [-0.3, -0.25) is 9.69 Å². The van der Waals surface area contributed by atoms with Crippen LogP contribution in [0.25, 0.3) is 0 Å². The van der Waals surface area contributed by atoms with Crippen molar-refractivity contribution in [1.29, 1.82) is 0 Å². The van der Waals surface area contributed by atoms with Crippen molar-refractivity contribution < 1.29 is 14.3 Å². The minimum absolute atomic E-state index is 0.0912. The van der Waals surface area contributed by atoms with Gasteiger partial charge in [-0.25, -0.2) is 4.79 Å². The molecule has 5 nitrogen and oxygen atoms in total. The van der Waals surface area contributed by atoms with Gasteiger partial charge in [-0.15, -0.1) is 0 Å². The third-order valence-electron chi connectivity index (χ3n) is 6.91. The van der Waals surface area contributed by atoms with Gasteiger partial charge < -0.3 is 10.1 Å². The summed E-state index contributed by atoms with van der Waals surface area (Å²) in [7, 11) is 0. The van der Waals surface area contributed by atoms with Crippen LogP contribution in [0, 0.1) is 0 Å². The molecule has 0 radical (unpaired) electrons. The van der Waals surface area contributed by atoms with Gasteiger partial charge in [0.2, 0.25) is 0 Å². The Bertz CT molecular complexity index is 1260. The first-order valence-corrected chi connectivity index (χ1v) is 14.0. The smallest absolute Gasteiger partial charge is 0.407 e. The molecule has 1 N–H and O–H groups in total. The number of ether oxygens (including phenoxy) is 1. The number of ketones is 1. The van der Waals surface area contributed by atoms with E-state index in [1.54, 1.807) is 6.92 Å². The highest BCUT2D eigenvalue weighted by atomic mass is 16.5. The van der Waals surface area contributed by atoms with Crippen LogP contribution in [0.3, 0.4) is 0 Å². The first kappa shape index (κ1) is 28.8. The third-order valence-corrected chi connectivity index (χ3v) is 6.91. The maximum atomic E-state index is 14.3. The molecule has 0 fully saturated rings. The highest BCUT2D eigenvalue weighted by Gasteiger charge is 2.29. The van der Waals surface area contributed by atoms with E-state index in [1.807, 2.05) is 84.9 Å². The molecule has 0 spiro atoms. The van der Waals surface area contributed by atoms with Crippen LogP contribution in [0.15, 0.2) is 121 Å². The molecule has 4 aromatic rings. The lowest BCUT2D eigenvalue weighted by Gasteiger charge is -2.32. The number of alkyl carbamates (subject to hydrolysis) is 1. The number of nitrogens with zero attached hydrogens (tertiary/aromatic N) is 1. The van der Waals surface area contributed by atoms with Crippen LogP contribution in [0.5, 0.6) is 0 Å². The van der Waals surface area contributed by atoms with Crippen LogP contribution in [0.1, 0.15) is 35.6 Å². The summed E-state index contributed by atoms with van der Waals surface area (Å²) in [5.74, 6) is 0.0912. The van der Waals surface area contributed by atoms with Gasteiger partial charge in [0.25, 0.3) is 0 Å². The lowest BCUT2D eigenvalue weighted by molar-refractivity contribution is -0.125. The Morgan fingerprint density at radius 3 is 1.52 bits per heavy atom. The Hall–Kier alpha value is -4.22. The normalized spacial score (nSPS) is 12.4. The van der Waals surface area contributed by atoms with Crippen LogP contribution in [-0.4, -0.2) is 35.5 Å². The summed E-state index contributed by atoms with van der Waals surface area (Å²) < 4.78 is 5.18. The van der Waals surface area contributed by atoms with Gasteiger partial charge in [-0.1, -0.05) is 121 Å². The molecule has 4 aromatic carbocycles. The lowest BCUT2D eigenvalue weighted by Crippen LogP contribution is -2.46. The summed E-state index contributed by atoms with van der Waals surface area (Å²) in [5, 5.41) is 2.95. The molecule has 0 aliphatic carbocycles. The highest BCUT2D eigenvalue weighted by Crippen LogP contribution is 2.20. The van der Waals surface area contributed by atoms with Gasteiger partial charge in [0.05, 0.1) is 12.6 Å². The Morgan fingerprint density at radius 1 is 0.650 bits per heavy atom. The second-order valence-corrected chi connectivity index (χ2v) is 10.0. The maximum Gasteiger partial charge on any atom is 0.407 e. The third kappa shape index (κ3) is 9.21. The van der Waals surface area contributed by atoms with Crippen molar-refractivity contribution in [3.63, 3.8) is 0 Å². The van der Waals surface area contributed by atoms with Gasteiger partial charge >= 0.3 is 6.09 Å². The second kappa shape index (κ2) is 15.4. The van der Waals surface area contributed by atoms with Gasteiger partial charge in [-0.2, -0.15) is 0 Å². The first-order valence-electron chi connectivity index (χ1n) is 14.0. The number of carbonyl (C=O) groups excluding carboxylic acids is 2. The fourth-order valence-electron chi connectivity index (χ4n) is 4.99. The molecule has 0 heterocycles. The SMILES string of the molecule is CCOC(=O)N[C@H](CC(=O)[C@H](Cc1ccccc1)N(Cc1ccccc1)Cc1ccccc1)Cc1ccccc1. The predicted octanol–water partition coefficient (Wildman–Crippen LogP) is 6.62. The number of hydrogen-bond donors (Lipinski definition) is 1. The topological polar surface area (TPSA) is 58.6 Å². The average Bonchev–Trinajstić information content (AvgIpc) is 2.98. The number of Topliss-reactive ketones (excluding diaryl/α,β-unsaturated/α-hetero) is 1. The number of hydrogen-bond acceptors (Lipinski definition) is 4. The van der Waals surface area contributed by atoms with Crippen LogP contribution in [-0.2, 0) is 35.5 Å². The minimum atomic E-state index is -0.499. The molecule has 0 saturated heterocycles. The zero-order valence-corrected chi connectivity index (χ0v) is 23.1. The van der Waals surface area contributed by atoms with Crippen molar-refractivity contribution in [2.75, 3.05) is 6.61 Å². The zero-order chi connectivity index (χ0) is 28.0. The van der Waals surface area contributed by atoms with Gasteiger partial charge in [0.1, 0.15) is 0 Å². The van der Waals surface area contributed by atoms with Crippen LogP contribution < -0.4 is 5.32 Å². The van der Waals surface area contributed by atoms with Crippen LogP contribution >= 0.6 is 0 Å². The Morgan fingerprint density at radius 2 is 1.07 bits per heavy atom. The number of rotatable bonds is 14. The molecule has 0 unspecified atom stereocenters. The largest absolute Gasteiger partial charge is 0.450 e. The number of amides is 1. The molecule has 0 saturated carbocycles. The Balaban J connectivity index is 1.64. The molecule has 0 aromatic heterocycles. The van der Waals surface area contributed by atoms with E-state index in [0.29, 0.717) is 25.9 Å². The number of benzene rings is 4. The monoisotopic (exact) mass is 534 g/mol. The maximum absolute atomic E-state index is 14.3. The molecule has 5 heteroatoms. The molecular weight excluding hydrogens is 496 g/mol. The zero-order valence-electron chi connectivity index (χ0n) is 23.1. The molecule has 0 bridgehead atoms. The van der Waals surface area contributed by atoms with E-state index < -0.39 is 6.09 Å². The second-order valence-electron chi connectivity index (χ2n) is 10.0. The Labute approximate surface area is 237 Å². The van der Waals surface area contributed by atoms with Crippen molar-refractivity contribution in [1.82, 2.24) is 10.2 Å². The quantitative estimate of drug-likeness (QED) is 0.198. The summed E-state index contributed by atoms with van der Waals surface area (Å²) in [5.41, 5.74) is 4.46. The van der Waals surface area contributed by atoms with E-state index in [1.165, 1.54) is 0 Å². The summed E-state index contributed by atoms with van der Waals surface area (Å²) in [4.78, 5) is 29.0. The van der Waals surface area contributed by atoms with Gasteiger partial charge in [0.15, 0.2) is 5.78 Å². The summed E-state index contributed by atoms with van der Waals surface area (Å²) in [6.45, 7) is 3.32. The van der Waals surface area contributed by atoms with E-state index in [0.717, 1.165) is 22.3 Å². The molecular formula is C35H38N2O3. The van der Waals surface area contributed by atoms with Crippen LogP contribution in [0.4, 0.5) is 4.79 Å². The summed E-state index contributed by atoms with van der Waals surface area (Å²) in [6.07, 6.45) is 0.824. The Kier molecular flexibility index (Phi) is 11.1. The molecule has 2 atom stereocenters. The minimum Gasteiger partial charge on any atom is -0.450 e. The lowest BCUT2D eigenvalue weighted by atomic mass is 9.93. The molecule has 0 aliphatic heterocycles. The molecule has 206 valence electrons. The fourth-order valence-corrected chi connectivity index (χ4v) is 4.99. The fraction of sp³-hybridized carbons (Fsp3) is 0.257. The first-order chi connectivity index (χ1) is 19.6. The molecule has 4 rings (SSSR count). The van der Waals surface area contributed by atoms with Crippen LogP contribution in [0.2, 0.25) is 0 Å². The average molecular weight is 535 g/mol. The van der Waals surface area contributed by atoms with Gasteiger partial charge in [-0.05, 0) is 42.0 Å². The standard InChI is InChI=1S/C35H38N2O3/c1-2-40-35(39)36-32(23-28-15-7-3-8-16-28)25-34(38)33(24-29-17-9-4-10-18-29)37(26-30-19-11-5-12-20-30)27-31-21-13-6-14-22-31/h3-22,32-33H,2,23-27H2,1H3,(H,36,39)/t32-,33-/m0/s1. The van der Waals surface area contributed by atoms with E-state index in [9.17, 15) is 9.59 Å². The summed E-state index contributed by atoms with van der Waals surface area (Å²) >= 11 is 0. The van der Waals surface area contributed by atoms with Gasteiger partial charge in [0, 0.05) is 25.6 Å². The van der Waals surface area contributed by atoms with Crippen molar-refractivity contribution in [2.45, 2.75) is 51.4 Å². The van der Waals surface area contributed by atoms with E-state index in [4.69, 9.17) is 4.74 Å². The molecule has 1 amide bonds. The number of carbonyl (C=O) groups is 2. The van der Waals surface area contributed by atoms with E-state index in [2.05, 4.69) is 46.6 Å².